The molecule has 0 bridgehead atoms. The number of nitrogens with zero attached hydrogens (tertiary/aromatic N) is 3. The van der Waals surface area contributed by atoms with Crippen LogP contribution in [0.5, 0.6) is 0 Å². The Kier molecular flexibility index (Phi) is 5.77. The average Bonchev–Trinajstić information content (AvgIpc) is 2.99. The monoisotopic (exact) mass is 423 g/mol. The minimum Gasteiger partial charge on any atom is -0.386 e. The normalized spacial score (nSPS) is 15.8. The Morgan fingerprint density at radius 2 is 1.77 bits per heavy atom. The number of benzene rings is 1. The number of aliphatic hydroxyl groups is 2. The van der Waals surface area contributed by atoms with E-state index in [2.05, 4.69) is 5.10 Å². The molecule has 2 N–H and O–H groups in total. The molecule has 0 aliphatic carbocycles. The van der Waals surface area contributed by atoms with Gasteiger partial charge in [-0.3, -0.25) is 4.68 Å². The van der Waals surface area contributed by atoms with E-state index in [1.54, 1.807) is 40.0 Å². The summed E-state index contributed by atoms with van der Waals surface area (Å²) >= 11 is 0. The summed E-state index contributed by atoms with van der Waals surface area (Å²) in [7, 11) is 0. The van der Waals surface area contributed by atoms with E-state index < -0.39 is 23.8 Å². The fraction of sp³-hybridized carbons (Fsp3) is 0.500. The molecule has 0 atom stereocenters. The lowest BCUT2D eigenvalue weighted by atomic mass is 9.92. The number of anilines is 1. The van der Waals surface area contributed by atoms with Crippen molar-refractivity contribution in [2.75, 3.05) is 11.4 Å². The predicted octanol–water partition coefficient (Wildman–Crippen LogP) is 4.64. The van der Waals surface area contributed by atoms with Gasteiger partial charge in [-0.1, -0.05) is 12.2 Å². The van der Waals surface area contributed by atoms with Crippen molar-refractivity contribution < 1.29 is 23.4 Å². The first-order chi connectivity index (χ1) is 13.8. The lowest BCUT2D eigenvalue weighted by Gasteiger charge is -2.37. The van der Waals surface area contributed by atoms with Crippen LogP contribution in [0.15, 0.2) is 42.3 Å². The van der Waals surface area contributed by atoms with Gasteiger partial charge in [-0.05, 0) is 52.3 Å². The maximum atomic E-state index is 12.4. The van der Waals surface area contributed by atoms with Crippen LogP contribution < -0.4 is 4.90 Å². The summed E-state index contributed by atoms with van der Waals surface area (Å²) < 4.78 is 38.8. The SMILES string of the molecule is CC(C)(O)C1=CC=CCN1c1cc2cn(CCCC(F)(F)F)nc2cc1C(C)(C)O. The van der Waals surface area contributed by atoms with E-state index in [1.807, 2.05) is 29.2 Å². The Hall–Kier alpha value is -2.32. The zero-order chi connectivity index (χ0) is 22.3. The van der Waals surface area contributed by atoms with Crippen molar-refractivity contribution in [3.8, 4) is 0 Å². The molecule has 2 aromatic rings. The molecule has 0 fully saturated rings. The Morgan fingerprint density at radius 3 is 2.37 bits per heavy atom. The molecule has 0 spiro atoms. The number of alkyl halides is 3. The summed E-state index contributed by atoms with van der Waals surface area (Å²) in [6, 6.07) is 3.64. The first kappa shape index (κ1) is 22.4. The van der Waals surface area contributed by atoms with E-state index in [-0.39, 0.29) is 13.0 Å². The van der Waals surface area contributed by atoms with Crippen molar-refractivity contribution >= 4 is 16.6 Å². The van der Waals surface area contributed by atoms with Gasteiger partial charge in [0.15, 0.2) is 0 Å². The number of aryl methyl sites for hydroxylation is 1. The third-order valence-corrected chi connectivity index (χ3v) is 5.06. The third kappa shape index (κ3) is 5.05. The van der Waals surface area contributed by atoms with Crippen LogP contribution in [0.2, 0.25) is 0 Å². The van der Waals surface area contributed by atoms with Crippen molar-refractivity contribution in [1.82, 2.24) is 9.78 Å². The highest BCUT2D eigenvalue weighted by Gasteiger charge is 2.31. The molecular formula is C22H28F3N3O2. The molecule has 2 heterocycles. The number of allylic oxidation sites excluding steroid dienone is 2. The molecule has 1 aliphatic rings. The second-order valence-corrected chi connectivity index (χ2v) is 8.75. The standard InChI is InChI=1S/C22H28F3N3O2/c1-20(2,29)16-13-17-15(14-27(26-17)10-7-9-22(23,24)25)12-18(16)28-11-6-5-8-19(28)21(3,4)30/h5-6,8,12-14,29-30H,7,9-11H2,1-4H3. The van der Waals surface area contributed by atoms with E-state index in [0.717, 1.165) is 11.1 Å². The molecule has 0 radical (unpaired) electrons. The second kappa shape index (κ2) is 7.74. The fourth-order valence-electron chi connectivity index (χ4n) is 3.66. The Balaban J connectivity index is 2.03. The molecular weight excluding hydrogens is 395 g/mol. The molecule has 0 saturated heterocycles. The number of rotatable bonds is 6. The minimum atomic E-state index is -4.19. The topological polar surface area (TPSA) is 61.5 Å². The van der Waals surface area contributed by atoms with Crippen molar-refractivity contribution in [3.05, 3.63) is 47.8 Å². The Bertz CT molecular complexity index is 976. The summed E-state index contributed by atoms with van der Waals surface area (Å²) in [4.78, 5) is 1.94. The van der Waals surface area contributed by atoms with Gasteiger partial charge in [0.1, 0.15) is 0 Å². The molecule has 1 aliphatic heterocycles. The van der Waals surface area contributed by atoms with Crippen LogP contribution in [-0.4, -0.2) is 38.3 Å². The quantitative estimate of drug-likeness (QED) is 0.711. The number of hydrogen-bond donors (Lipinski definition) is 2. The minimum absolute atomic E-state index is 0.0504. The highest BCUT2D eigenvalue weighted by Crippen LogP contribution is 2.38. The van der Waals surface area contributed by atoms with Crippen molar-refractivity contribution in [1.29, 1.82) is 0 Å². The molecule has 0 unspecified atom stereocenters. The van der Waals surface area contributed by atoms with Crippen molar-refractivity contribution in [2.45, 2.75) is 64.5 Å². The van der Waals surface area contributed by atoms with E-state index in [0.29, 0.717) is 23.3 Å². The first-order valence-electron chi connectivity index (χ1n) is 9.94. The average molecular weight is 423 g/mol. The van der Waals surface area contributed by atoms with Gasteiger partial charge < -0.3 is 15.1 Å². The highest BCUT2D eigenvalue weighted by atomic mass is 19.4. The van der Waals surface area contributed by atoms with E-state index >= 15 is 0 Å². The number of halogens is 3. The molecule has 1 aromatic heterocycles. The van der Waals surface area contributed by atoms with Gasteiger partial charge in [0.2, 0.25) is 0 Å². The molecule has 5 nitrogen and oxygen atoms in total. The van der Waals surface area contributed by atoms with E-state index in [4.69, 9.17) is 0 Å². The lowest BCUT2D eigenvalue weighted by Crippen LogP contribution is -2.38. The zero-order valence-corrected chi connectivity index (χ0v) is 17.7. The summed E-state index contributed by atoms with van der Waals surface area (Å²) in [5.41, 5.74) is 0.355. The number of hydrogen-bond acceptors (Lipinski definition) is 4. The Labute approximate surface area is 174 Å². The van der Waals surface area contributed by atoms with Gasteiger partial charge in [-0.2, -0.15) is 18.3 Å². The van der Waals surface area contributed by atoms with Gasteiger partial charge >= 0.3 is 6.18 Å². The molecule has 164 valence electrons. The molecule has 30 heavy (non-hydrogen) atoms. The largest absolute Gasteiger partial charge is 0.389 e. The summed E-state index contributed by atoms with van der Waals surface area (Å²) in [6.07, 6.45) is 2.29. The molecule has 8 heteroatoms. The number of fused-ring (bicyclic) bond motifs is 1. The summed E-state index contributed by atoms with van der Waals surface area (Å²) in [6.45, 7) is 7.42. The van der Waals surface area contributed by atoms with Gasteiger partial charge in [-0.15, -0.1) is 0 Å². The van der Waals surface area contributed by atoms with Crippen molar-refractivity contribution in [3.63, 3.8) is 0 Å². The maximum Gasteiger partial charge on any atom is 0.389 e. The third-order valence-electron chi connectivity index (χ3n) is 5.06. The van der Waals surface area contributed by atoms with Crippen LogP contribution in [-0.2, 0) is 12.1 Å². The van der Waals surface area contributed by atoms with E-state index in [1.165, 1.54) is 4.68 Å². The molecule has 3 rings (SSSR count). The van der Waals surface area contributed by atoms with Crippen molar-refractivity contribution in [2.24, 2.45) is 0 Å². The van der Waals surface area contributed by atoms with Gasteiger partial charge in [0.05, 0.1) is 16.7 Å². The van der Waals surface area contributed by atoms with E-state index in [9.17, 15) is 23.4 Å². The zero-order valence-electron chi connectivity index (χ0n) is 17.7. The van der Waals surface area contributed by atoms with Crippen LogP contribution in [0.25, 0.3) is 10.9 Å². The summed E-state index contributed by atoms with van der Waals surface area (Å²) in [5, 5.41) is 26.6. The summed E-state index contributed by atoms with van der Waals surface area (Å²) in [5.74, 6) is 0. The van der Waals surface area contributed by atoms with Gasteiger partial charge in [0.25, 0.3) is 0 Å². The fourth-order valence-corrected chi connectivity index (χ4v) is 3.66. The highest BCUT2D eigenvalue weighted by molar-refractivity contribution is 5.85. The predicted molar refractivity (Wildman–Crippen MR) is 111 cm³/mol. The van der Waals surface area contributed by atoms with Crippen LogP contribution >= 0.6 is 0 Å². The Morgan fingerprint density at radius 1 is 1.07 bits per heavy atom. The van der Waals surface area contributed by atoms with Crippen LogP contribution in [0, 0.1) is 0 Å². The first-order valence-corrected chi connectivity index (χ1v) is 9.94. The van der Waals surface area contributed by atoms with Gasteiger partial charge in [-0.25, -0.2) is 0 Å². The van der Waals surface area contributed by atoms with Crippen LogP contribution in [0.4, 0.5) is 18.9 Å². The second-order valence-electron chi connectivity index (χ2n) is 8.75. The van der Waals surface area contributed by atoms with Crippen LogP contribution in [0.3, 0.4) is 0 Å². The lowest BCUT2D eigenvalue weighted by molar-refractivity contribution is -0.136. The smallest absolute Gasteiger partial charge is 0.386 e. The van der Waals surface area contributed by atoms with Gasteiger partial charge in [0, 0.05) is 48.0 Å². The maximum absolute atomic E-state index is 12.4. The number of aromatic nitrogens is 2. The molecule has 1 aromatic carbocycles. The van der Waals surface area contributed by atoms with Crippen LogP contribution in [0.1, 0.15) is 46.1 Å². The molecule has 0 saturated carbocycles. The molecule has 0 amide bonds.